The normalized spacial score (nSPS) is 22.0. The number of fused-ring (bicyclic) bond motifs is 1. The highest BCUT2D eigenvalue weighted by molar-refractivity contribution is 5.67. The molecule has 0 atom stereocenters. The van der Waals surface area contributed by atoms with Gasteiger partial charge in [-0.15, -0.1) is 0 Å². The highest BCUT2D eigenvalue weighted by Crippen LogP contribution is 2.61. The quantitative estimate of drug-likeness (QED) is 0.358. The third kappa shape index (κ3) is 3.96. The van der Waals surface area contributed by atoms with Crippen LogP contribution in [0.15, 0.2) is 36.5 Å². The first kappa shape index (κ1) is 25.5. The number of aromatic nitrogens is 4. The Balaban J connectivity index is 1.34. The van der Waals surface area contributed by atoms with Gasteiger partial charge in [-0.3, -0.25) is 4.98 Å². The van der Waals surface area contributed by atoms with Gasteiger partial charge < -0.3 is 4.90 Å². The van der Waals surface area contributed by atoms with Crippen LogP contribution in [0, 0.1) is 5.41 Å². The Bertz CT molecular complexity index is 1330. The lowest BCUT2D eigenvalue weighted by atomic mass is 9.59. The van der Waals surface area contributed by atoms with E-state index in [-0.39, 0.29) is 16.2 Å². The molecule has 38 heavy (non-hydrogen) atoms. The molecule has 3 aliphatic rings. The lowest BCUT2D eigenvalue weighted by Gasteiger charge is -2.44. The molecule has 2 aromatic heterocycles. The molecule has 5 nitrogen and oxygen atoms in total. The summed E-state index contributed by atoms with van der Waals surface area (Å²) in [5.74, 6) is 3.04. The first-order valence-electron chi connectivity index (χ1n) is 14.7. The van der Waals surface area contributed by atoms with Gasteiger partial charge in [-0.1, -0.05) is 72.9 Å². The SMILES string of the molecule is CC1(C)c2ccc(-c3ccc(-c4nc(C5CCCCC5)nc(N5CCCC5)n4)cn3)cc2C(C)(C)C1(C)C. The van der Waals surface area contributed by atoms with Crippen LogP contribution in [0.4, 0.5) is 5.95 Å². The summed E-state index contributed by atoms with van der Waals surface area (Å²) in [7, 11) is 0. The molecule has 0 spiro atoms. The van der Waals surface area contributed by atoms with Gasteiger partial charge in [0.05, 0.1) is 5.69 Å². The van der Waals surface area contributed by atoms with Crippen LogP contribution in [0.5, 0.6) is 0 Å². The average Bonchev–Trinajstić information content (AvgIpc) is 3.51. The first-order chi connectivity index (χ1) is 18.1. The van der Waals surface area contributed by atoms with Crippen LogP contribution in [0.25, 0.3) is 22.6 Å². The Morgan fingerprint density at radius 3 is 2.08 bits per heavy atom. The van der Waals surface area contributed by atoms with Crippen molar-refractivity contribution < 1.29 is 0 Å². The Morgan fingerprint density at radius 2 is 1.39 bits per heavy atom. The largest absolute Gasteiger partial charge is 0.341 e. The van der Waals surface area contributed by atoms with Gasteiger partial charge in [0.25, 0.3) is 0 Å². The average molecular weight is 510 g/mol. The molecule has 1 aromatic carbocycles. The third-order valence-electron chi connectivity index (χ3n) is 10.8. The van der Waals surface area contributed by atoms with E-state index in [1.807, 2.05) is 6.20 Å². The molecule has 1 saturated carbocycles. The Morgan fingerprint density at radius 1 is 0.711 bits per heavy atom. The number of nitrogens with zero attached hydrogens (tertiary/aromatic N) is 5. The zero-order chi connectivity index (χ0) is 26.7. The number of hydrogen-bond acceptors (Lipinski definition) is 5. The molecular weight excluding hydrogens is 466 g/mol. The van der Waals surface area contributed by atoms with Crippen molar-refractivity contribution in [2.24, 2.45) is 5.41 Å². The molecule has 0 unspecified atom stereocenters. The summed E-state index contributed by atoms with van der Waals surface area (Å²) in [5, 5.41) is 0. The number of pyridine rings is 1. The van der Waals surface area contributed by atoms with Crippen LogP contribution in [0.2, 0.25) is 0 Å². The fourth-order valence-corrected chi connectivity index (χ4v) is 7.03. The summed E-state index contributed by atoms with van der Waals surface area (Å²) in [4.78, 5) is 22.2. The van der Waals surface area contributed by atoms with Gasteiger partial charge >= 0.3 is 0 Å². The van der Waals surface area contributed by atoms with E-state index >= 15 is 0 Å². The maximum Gasteiger partial charge on any atom is 0.229 e. The standard InChI is InChI=1S/C33H43N5/c1-31(2)25-16-14-23(20-26(25)32(3,4)33(31,5)6)27-17-15-24(21-34-27)29-35-28(22-12-8-7-9-13-22)36-30(37-29)38-18-10-11-19-38/h14-17,20-22H,7-13,18-19H2,1-6H3. The van der Waals surface area contributed by atoms with Gasteiger partial charge in [0, 0.05) is 36.3 Å². The lowest BCUT2D eigenvalue weighted by molar-refractivity contribution is 0.125. The third-order valence-corrected chi connectivity index (χ3v) is 10.8. The molecule has 0 amide bonds. The number of hydrogen-bond donors (Lipinski definition) is 0. The minimum atomic E-state index is 0.0775. The predicted molar refractivity (Wildman–Crippen MR) is 156 cm³/mol. The maximum atomic E-state index is 5.01. The van der Waals surface area contributed by atoms with Crippen LogP contribution < -0.4 is 4.90 Å². The van der Waals surface area contributed by atoms with E-state index in [0.717, 1.165) is 41.9 Å². The smallest absolute Gasteiger partial charge is 0.229 e. The highest BCUT2D eigenvalue weighted by Gasteiger charge is 2.56. The molecule has 200 valence electrons. The Hall–Kier alpha value is -2.82. The van der Waals surface area contributed by atoms with Crippen molar-refractivity contribution >= 4 is 5.95 Å². The van der Waals surface area contributed by atoms with Crippen molar-refractivity contribution in [3.8, 4) is 22.6 Å². The summed E-state index contributed by atoms with van der Waals surface area (Å²) < 4.78 is 0. The van der Waals surface area contributed by atoms with Gasteiger partial charge in [0.2, 0.25) is 5.95 Å². The second-order valence-electron chi connectivity index (χ2n) is 13.4. The second-order valence-corrected chi connectivity index (χ2v) is 13.4. The minimum Gasteiger partial charge on any atom is -0.341 e. The van der Waals surface area contributed by atoms with E-state index in [9.17, 15) is 0 Å². The van der Waals surface area contributed by atoms with E-state index in [1.54, 1.807) is 0 Å². The topological polar surface area (TPSA) is 54.8 Å². The van der Waals surface area contributed by atoms with E-state index in [4.69, 9.17) is 19.9 Å². The first-order valence-corrected chi connectivity index (χ1v) is 14.7. The molecular formula is C33H43N5. The predicted octanol–water partition coefficient (Wildman–Crippen LogP) is 7.84. The summed E-state index contributed by atoms with van der Waals surface area (Å²) in [6.07, 6.45) is 10.6. The fraction of sp³-hybridized carbons (Fsp3) is 0.576. The summed E-state index contributed by atoms with van der Waals surface area (Å²) in [5.41, 5.74) is 6.39. The molecule has 6 rings (SSSR count). The minimum absolute atomic E-state index is 0.0775. The van der Waals surface area contributed by atoms with Gasteiger partial charge in [-0.05, 0) is 71.3 Å². The molecule has 3 aromatic rings. The highest BCUT2D eigenvalue weighted by atomic mass is 15.3. The zero-order valence-corrected chi connectivity index (χ0v) is 24.1. The number of benzene rings is 1. The maximum absolute atomic E-state index is 5.01. The van der Waals surface area contributed by atoms with Crippen molar-refractivity contribution in [3.63, 3.8) is 0 Å². The van der Waals surface area contributed by atoms with Gasteiger partial charge in [-0.2, -0.15) is 9.97 Å². The molecule has 0 N–H and O–H groups in total. The monoisotopic (exact) mass is 509 g/mol. The van der Waals surface area contributed by atoms with Crippen LogP contribution >= 0.6 is 0 Å². The molecule has 2 fully saturated rings. The van der Waals surface area contributed by atoms with Crippen molar-refractivity contribution in [2.45, 2.75) is 103 Å². The summed E-state index contributed by atoms with van der Waals surface area (Å²) in [6.45, 7) is 16.5. The van der Waals surface area contributed by atoms with Crippen LogP contribution in [0.3, 0.4) is 0 Å². The number of anilines is 1. The summed E-state index contributed by atoms with van der Waals surface area (Å²) in [6, 6.07) is 11.2. The molecule has 2 aliphatic carbocycles. The molecule has 5 heteroatoms. The summed E-state index contributed by atoms with van der Waals surface area (Å²) >= 11 is 0. The fourth-order valence-electron chi connectivity index (χ4n) is 7.03. The molecule has 3 heterocycles. The zero-order valence-electron chi connectivity index (χ0n) is 24.1. The molecule has 0 radical (unpaired) electrons. The van der Waals surface area contributed by atoms with E-state index < -0.39 is 0 Å². The lowest BCUT2D eigenvalue weighted by Crippen LogP contribution is -2.42. The number of rotatable bonds is 4. The van der Waals surface area contributed by atoms with E-state index in [2.05, 4.69) is 76.8 Å². The second kappa shape index (κ2) is 9.14. The van der Waals surface area contributed by atoms with Crippen molar-refractivity contribution in [1.29, 1.82) is 0 Å². The van der Waals surface area contributed by atoms with E-state index in [1.165, 1.54) is 61.6 Å². The van der Waals surface area contributed by atoms with Crippen molar-refractivity contribution in [1.82, 2.24) is 19.9 Å². The van der Waals surface area contributed by atoms with Crippen molar-refractivity contribution in [3.05, 3.63) is 53.5 Å². The molecule has 0 bridgehead atoms. The van der Waals surface area contributed by atoms with Crippen LogP contribution in [-0.4, -0.2) is 33.0 Å². The molecule has 1 saturated heterocycles. The van der Waals surface area contributed by atoms with Gasteiger partial charge in [0.1, 0.15) is 5.82 Å². The van der Waals surface area contributed by atoms with Crippen LogP contribution in [-0.2, 0) is 10.8 Å². The van der Waals surface area contributed by atoms with Gasteiger partial charge in [-0.25, -0.2) is 4.98 Å². The Labute approximate surface area is 228 Å². The Kier molecular flexibility index (Phi) is 6.12. The van der Waals surface area contributed by atoms with Gasteiger partial charge in [0.15, 0.2) is 5.82 Å². The van der Waals surface area contributed by atoms with Crippen LogP contribution in [0.1, 0.15) is 109 Å². The molecule has 1 aliphatic heterocycles. The van der Waals surface area contributed by atoms with Crippen molar-refractivity contribution in [2.75, 3.05) is 18.0 Å². The van der Waals surface area contributed by atoms with E-state index in [0.29, 0.717) is 5.92 Å².